The summed E-state index contributed by atoms with van der Waals surface area (Å²) in [6.07, 6.45) is 4.05. The number of nitrogens with zero attached hydrogens (tertiary/aromatic N) is 7. The monoisotopic (exact) mass is 552 g/mol. The predicted octanol–water partition coefficient (Wildman–Crippen LogP) is 2.94. The Hall–Kier alpha value is -4.20. The summed E-state index contributed by atoms with van der Waals surface area (Å²) in [6, 6.07) is 2.81. The van der Waals surface area contributed by atoms with Crippen molar-refractivity contribution >= 4 is 46.1 Å². The van der Waals surface area contributed by atoms with Gasteiger partial charge in [0.1, 0.15) is 11.4 Å². The van der Waals surface area contributed by atoms with Crippen molar-refractivity contribution in [3.8, 4) is 5.13 Å². The van der Waals surface area contributed by atoms with Crippen LogP contribution in [0.1, 0.15) is 54.0 Å². The van der Waals surface area contributed by atoms with Crippen molar-refractivity contribution in [3.05, 3.63) is 51.5 Å². The van der Waals surface area contributed by atoms with Crippen LogP contribution in [-0.2, 0) is 11.3 Å². The molecular weight excluding hydrogens is 527 g/mol. The number of carbonyl (C=O) groups is 2. The highest BCUT2D eigenvalue weighted by Gasteiger charge is 2.36. The Labute approximate surface area is 225 Å². The Morgan fingerprint density at radius 3 is 2.69 bits per heavy atom. The molecule has 1 saturated carbocycles. The van der Waals surface area contributed by atoms with Gasteiger partial charge in [0.2, 0.25) is 16.5 Å². The third kappa shape index (κ3) is 4.54. The molecule has 0 atom stereocenters. The quantitative estimate of drug-likeness (QED) is 0.337. The zero-order valence-electron chi connectivity index (χ0n) is 21.2. The lowest BCUT2D eigenvalue weighted by molar-refractivity contribution is -0.120. The van der Waals surface area contributed by atoms with Crippen LogP contribution in [0, 0.1) is 18.7 Å². The van der Waals surface area contributed by atoms with Crippen molar-refractivity contribution in [1.29, 1.82) is 0 Å². The van der Waals surface area contributed by atoms with Crippen LogP contribution in [0.4, 0.5) is 16.0 Å². The Balaban J connectivity index is 1.28. The maximum absolute atomic E-state index is 15.2. The number of carboxylic acids is 1. The fourth-order valence-corrected chi connectivity index (χ4v) is 5.35. The van der Waals surface area contributed by atoms with Gasteiger partial charge in [-0.05, 0) is 32.3 Å². The van der Waals surface area contributed by atoms with Crippen LogP contribution >= 0.6 is 11.5 Å². The van der Waals surface area contributed by atoms with Gasteiger partial charge >= 0.3 is 5.97 Å². The molecule has 14 heteroatoms. The molecule has 2 fully saturated rings. The number of carboxylic acid groups (broad SMARTS) is 1. The van der Waals surface area contributed by atoms with Gasteiger partial charge in [0.25, 0.3) is 0 Å². The minimum Gasteiger partial charge on any atom is -0.477 e. The van der Waals surface area contributed by atoms with E-state index in [1.54, 1.807) is 11.0 Å². The first-order valence-electron chi connectivity index (χ1n) is 12.7. The summed E-state index contributed by atoms with van der Waals surface area (Å²) in [5, 5.41) is 17.0. The molecule has 4 aromatic rings. The van der Waals surface area contributed by atoms with Crippen LogP contribution in [0.15, 0.2) is 23.1 Å². The van der Waals surface area contributed by atoms with Gasteiger partial charge in [-0.15, -0.1) is 0 Å². The number of fused-ring (bicyclic) bond motifs is 1. The SMILES string of the molecule is CCCn1nc(NC(=O)C2CN(c3nc4c(cc3F)c(=O)c(C(=O)O)cn4-c3nc(C4CC4)ns3)C2)cc1C. The van der Waals surface area contributed by atoms with Crippen molar-refractivity contribution in [2.24, 2.45) is 5.92 Å². The summed E-state index contributed by atoms with van der Waals surface area (Å²) in [7, 11) is 0. The van der Waals surface area contributed by atoms with Crippen LogP contribution < -0.4 is 15.6 Å². The average Bonchev–Trinajstić information content (AvgIpc) is 3.50. The summed E-state index contributed by atoms with van der Waals surface area (Å²) in [5.74, 6) is -1.47. The molecule has 6 rings (SSSR count). The number of hydrogen-bond acceptors (Lipinski definition) is 9. The molecule has 0 bridgehead atoms. The molecule has 0 unspecified atom stereocenters. The van der Waals surface area contributed by atoms with Crippen molar-refractivity contribution in [3.63, 3.8) is 0 Å². The minimum absolute atomic E-state index is 0.0298. The van der Waals surface area contributed by atoms with E-state index in [9.17, 15) is 19.5 Å². The van der Waals surface area contributed by atoms with Crippen LogP contribution in [0.3, 0.4) is 0 Å². The van der Waals surface area contributed by atoms with E-state index < -0.39 is 28.7 Å². The molecular formula is C25H25FN8O4S. The molecule has 4 aromatic heterocycles. The predicted molar refractivity (Wildman–Crippen MR) is 141 cm³/mol. The minimum atomic E-state index is -1.43. The van der Waals surface area contributed by atoms with Gasteiger partial charge in [-0.1, -0.05) is 6.92 Å². The normalized spacial score (nSPS) is 15.5. The van der Waals surface area contributed by atoms with Crippen molar-refractivity contribution in [2.75, 3.05) is 23.3 Å². The van der Waals surface area contributed by atoms with Gasteiger partial charge in [0.15, 0.2) is 23.1 Å². The van der Waals surface area contributed by atoms with E-state index in [0.717, 1.165) is 55.3 Å². The molecule has 1 aliphatic carbocycles. The zero-order chi connectivity index (χ0) is 27.4. The first kappa shape index (κ1) is 25.1. The number of carbonyl (C=O) groups excluding carboxylic acids is 1. The van der Waals surface area contributed by atoms with Gasteiger partial charge in [0.05, 0.1) is 11.3 Å². The first-order valence-corrected chi connectivity index (χ1v) is 13.4. The Morgan fingerprint density at radius 1 is 1.23 bits per heavy atom. The number of nitrogens with one attached hydrogen (secondary N) is 1. The number of anilines is 2. The molecule has 0 spiro atoms. The van der Waals surface area contributed by atoms with Gasteiger partial charge in [-0.3, -0.25) is 18.8 Å². The zero-order valence-corrected chi connectivity index (χ0v) is 22.0. The maximum atomic E-state index is 15.2. The largest absolute Gasteiger partial charge is 0.477 e. The van der Waals surface area contributed by atoms with Gasteiger partial charge in [-0.2, -0.15) is 9.47 Å². The number of halogens is 1. The lowest BCUT2D eigenvalue weighted by atomic mass is 9.99. The topological polar surface area (TPSA) is 148 Å². The van der Waals surface area contributed by atoms with Gasteiger partial charge in [0, 0.05) is 55.0 Å². The van der Waals surface area contributed by atoms with E-state index in [1.807, 2.05) is 18.5 Å². The fraction of sp³-hybridized carbons (Fsp3) is 0.400. The van der Waals surface area contributed by atoms with E-state index in [1.165, 1.54) is 4.57 Å². The molecule has 2 aliphatic rings. The lowest BCUT2D eigenvalue weighted by Gasteiger charge is -2.39. The van der Waals surface area contributed by atoms with Gasteiger partial charge in [-0.25, -0.2) is 19.2 Å². The highest BCUT2D eigenvalue weighted by Crippen LogP contribution is 2.39. The number of aromatic nitrogens is 6. The van der Waals surface area contributed by atoms with Crippen LogP contribution in [0.2, 0.25) is 0 Å². The average molecular weight is 553 g/mol. The Morgan fingerprint density at radius 2 is 2.00 bits per heavy atom. The second-order valence-corrected chi connectivity index (χ2v) is 10.6. The molecule has 1 saturated heterocycles. The number of rotatable bonds is 8. The van der Waals surface area contributed by atoms with Crippen molar-refractivity contribution in [2.45, 2.75) is 45.6 Å². The summed E-state index contributed by atoms with van der Waals surface area (Å²) in [4.78, 5) is 48.0. The molecule has 1 amide bonds. The molecule has 0 aromatic carbocycles. The fourth-order valence-electron chi connectivity index (χ4n) is 4.62. The van der Waals surface area contributed by atoms with Gasteiger partial charge < -0.3 is 15.3 Å². The third-order valence-electron chi connectivity index (χ3n) is 6.94. The highest BCUT2D eigenvalue weighted by atomic mass is 32.1. The number of amides is 1. The third-order valence-corrected chi connectivity index (χ3v) is 7.67. The summed E-state index contributed by atoms with van der Waals surface area (Å²) in [5.41, 5.74) is -0.333. The summed E-state index contributed by atoms with van der Waals surface area (Å²) in [6.45, 7) is 5.16. The van der Waals surface area contributed by atoms with Crippen LogP contribution in [0.25, 0.3) is 16.2 Å². The van der Waals surface area contributed by atoms with Crippen LogP contribution in [0.5, 0.6) is 0 Å². The molecule has 202 valence electrons. The number of aromatic carboxylic acids is 1. The van der Waals surface area contributed by atoms with E-state index in [4.69, 9.17) is 0 Å². The Bertz CT molecular complexity index is 1690. The van der Waals surface area contributed by atoms with E-state index in [2.05, 4.69) is 24.8 Å². The van der Waals surface area contributed by atoms with E-state index >= 15 is 4.39 Å². The Kier molecular flexibility index (Phi) is 6.13. The highest BCUT2D eigenvalue weighted by molar-refractivity contribution is 7.08. The summed E-state index contributed by atoms with van der Waals surface area (Å²) >= 11 is 1.06. The number of pyridine rings is 2. The first-order chi connectivity index (χ1) is 18.7. The standard InChI is InChI=1S/C25H25FN8O4S/c1-3-6-34-12(2)7-18(30-34)27-23(36)14-9-32(10-14)22-17(26)8-15-19(35)16(24(37)38)11-33(21(15)29-22)25-28-20(31-39-25)13-4-5-13/h7-8,11,13-14H,3-6,9-10H2,1-2H3,(H,37,38)(H,27,30,36). The lowest BCUT2D eigenvalue weighted by Crippen LogP contribution is -2.52. The van der Waals surface area contributed by atoms with Crippen molar-refractivity contribution in [1.82, 2.24) is 28.7 Å². The smallest absolute Gasteiger partial charge is 0.341 e. The molecule has 1 aliphatic heterocycles. The van der Waals surface area contributed by atoms with E-state index in [-0.39, 0.29) is 41.8 Å². The second kappa shape index (κ2) is 9.52. The number of aryl methyl sites for hydroxylation is 2. The molecule has 5 heterocycles. The van der Waals surface area contributed by atoms with Crippen LogP contribution in [-0.4, -0.2) is 58.8 Å². The van der Waals surface area contributed by atoms with E-state index in [0.29, 0.717) is 16.8 Å². The maximum Gasteiger partial charge on any atom is 0.341 e. The molecule has 2 N–H and O–H groups in total. The molecule has 12 nitrogen and oxygen atoms in total. The molecule has 39 heavy (non-hydrogen) atoms. The van der Waals surface area contributed by atoms with Crippen molar-refractivity contribution < 1.29 is 19.1 Å². The molecule has 0 radical (unpaired) electrons. The summed E-state index contributed by atoms with van der Waals surface area (Å²) < 4.78 is 22.8. The number of hydrogen-bond donors (Lipinski definition) is 2. The second-order valence-electron chi connectivity index (χ2n) is 9.91.